The molecular weight excluding hydrogens is 396 g/mol. The summed E-state index contributed by atoms with van der Waals surface area (Å²) in [7, 11) is 0. The van der Waals surface area contributed by atoms with E-state index in [2.05, 4.69) is 0 Å². The summed E-state index contributed by atoms with van der Waals surface area (Å²) in [6.07, 6.45) is 6.97. The number of anilines is 1. The predicted molar refractivity (Wildman–Crippen MR) is 123 cm³/mol. The van der Waals surface area contributed by atoms with Crippen molar-refractivity contribution in [1.82, 2.24) is 4.90 Å². The van der Waals surface area contributed by atoms with E-state index in [4.69, 9.17) is 11.6 Å². The molecule has 1 heterocycles. The molecule has 0 unspecified atom stereocenters. The summed E-state index contributed by atoms with van der Waals surface area (Å²) in [5.74, 6) is 0.160. The van der Waals surface area contributed by atoms with Crippen molar-refractivity contribution in [2.24, 2.45) is 0 Å². The number of carbonyl (C=O) groups excluding carboxylic acids is 2. The van der Waals surface area contributed by atoms with Crippen LogP contribution in [-0.4, -0.2) is 29.8 Å². The summed E-state index contributed by atoms with van der Waals surface area (Å²) in [5.41, 5.74) is 2.91. The molecule has 0 radical (unpaired) electrons. The first-order chi connectivity index (χ1) is 14.5. The molecule has 1 aliphatic rings. The van der Waals surface area contributed by atoms with Crippen LogP contribution in [0.1, 0.15) is 56.6 Å². The average Bonchev–Trinajstić information content (AvgIpc) is 2.75. The normalized spacial score (nSPS) is 16.1. The molecule has 0 saturated heterocycles. The van der Waals surface area contributed by atoms with E-state index in [-0.39, 0.29) is 11.8 Å². The van der Waals surface area contributed by atoms with Crippen LogP contribution in [0.5, 0.6) is 0 Å². The van der Waals surface area contributed by atoms with Gasteiger partial charge >= 0.3 is 0 Å². The van der Waals surface area contributed by atoms with Gasteiger partial charge in [0.2, 0.25) is 11.8 Å². The van der Waals surface area contributed by atoms with Crippen LogP contribution in [0.15, 0.2) is 48.5 Å². The standard InChI is InChI=1S/C25H31ClN2O2/c1-20(29)28-17-9-5-3-2-4-8-16-27(19-22-10-6-7-11-24(22)28)25(30)18-21-12-14-23(26)15-13-21/h6-7,10-15H,2-5,8-9,16-19H2,1H3. The van der Waals surface area contributed by atoms with Gasteiger partial charge < -0.3 is 9.80 Å². The fourth-order valence-corrected chi connectivity index (χ4v) is 4.15. The van der Waals surface area contributed by atoms with E-state index >= 15 is 0 Å². The van der Waals surface area contributed by atoms with Crippen molar-refractivity contribution in [3.05, 3.63) is 64.7 Å². The van der Waals surface area contributed by atoms with Crippen LogP contribution in [0.4, 0.5) is 5.69 Å². The lowest BCUT2D eigenvalue weighted by molar-refractivity contribution is -0.131. The molecule has 1 aliphatic heterocycles. The van der Waals surface area contributed by atoms with Crippen LogP contribution in [-0.2, 0) is 22.6 Å². The highest BCUT2D eigenvalue weighted by Crippen LogP contribution is 2.24. The van der Waals surface area contributed by atoms with E-state index in [1.165, 1.54) is 12.8 Å². The quantitative estimate of drug-likeness (QED) is 0.625. The van der Waals surface area contributed by atoms with Crippen LogP contribution in [0.2, 0.25) is 5.02 Å². The molecule has 0 aromatic heterocycles. The number of hydrogen-bond acceptors (Lipinski definition) is 2. The number of para-hydroxylation sites is 1. The maximum Gasteiger partial charge on any atom is 0.227 e. The molecule has 4 nitrogen and oxygen atoms in total. The van der Waals surface area contributed by atoms with Gasteiger partial charge in [-0.2, -0.15) is 0 Å². The molecule has 0 saturated carbocycles. The summed E-state index contributed by atoms with van der Waals surface area (Å²) >= 11 is 5.98. The van der Waals surface area contributed by atoms with Gasteiger partial charge in [-0.25, -0.2) is 0 Å². The fourth-order valence-electron chi connectivity index (χ4n) is 4.02. The summed E-state index contributed by atoms with van der Waals surface area (Å²) in [5, 5.41) is 0.673. The number of halogens is 1. The van der Waals surface area contributed by atoms with Crippen LogP contribution < -0.4 is 4.90 Å². The molecule has 2 amide bonds. The van der Waals surface area contributed by atoms with Crippen LogP contribution in [0, 0.1) is 0 Å². The van der Waals surface area contributed by atoms with Gasteiger partial charge in [0.1, 0.15) is 0 Å². The fraction of sp³-hybridized carbons (Fsp3) is 0.440. The predicted octanol–water partition coefficient (Wildman–Crippen LogP) is 5.62. The first-order valence-corrected chi connectivity index (χ1v) is 11.3. The maximum atomic E-state index is 13.2. The first-order valence-electron chi connectivity index (χ1n) is 10.9. The Labute approximate surface area is 184 Å². The average molecular weight is 427 g/mol. The van der Waals surface area contributed by atoms with Crippen molar-refractivity contribution < 1.29 is 9.59 Å². The second-order valence-electron chi connectivity index (χ2n) is 8.04. The minimum Gasteiger partial charge on any atom is -0.338 e. The maximum absolute atomic E-state index is 13.2. The Balaban J connectivity index is 1.85. The highest BCUT2D eigenvalue weighted by atomic mass is 35.5. The van der Waals surface area contributed by atoms with E-state index < -0.39 is 0 Å². The molecule has 0 fully saturated rings. The number of fused-ring (bicyclic) bond motifs is 1. The zero-order chi connectivity index (χ0) is 21.3. The highest BCUT2D eigenvalue weighted by molar-refractivity contribution is 6.30. The van der Waals surface area contributed by atoms with Gasteiger partial charge in [0.05, 0.1) is 6.42 Å². The molecule has 5 heteroatoms. The Morgan fingerprint density at radius 2 is 1.50 bits per heavy atom. The molecule has 0 atom stereocenters. The SMILES string of the molecule is CC(=O)N1CCCCCCCCN(C(=O)Cc2ccc(Cl)cc2)Cc2ccccc21. The Morgan fingerprint density at radius 3 is 2.20 bits per heavy atom. The van der Waals surface area contributed by atoms with Crippen molar-refractivity contribution in [3.8, 4) is 0 Å². The smallest absolute Gasteiger partial charge is 0.227 e. The second-order valence-corrected chi connectivity index (χ2v) is 8.48. The Morgan fingerprint density at radius 1 is 0.867 bits per heavy atom. The molecule has 160 valence electrons. The summed E-state index contributed by atoms with van der Waals surface area (Å²) < 4.78 is 0. The van der Waals surface area contributed by atoms with Gasteiger partial charge in [0.15, 0.2) is 0 Å². The van der Waals surface area contributed by atoms with Crippen molar-refractivity contribution in [3.63, 3.8) is 0 Å². The van der Waals surface area contributed by atoms with Gasteiger partial charge in [-0.05, 0) is 42.2 Å². The van der Waals surface area contributed by atoms with E-state index in [0.29, 0.717) is 18.0 Å². The summed E-state index contributed by atoms with van der Waals surface area (Å²) in [4.78, 5) is 29.4. The second kappa shape index (κ2) is 11.2. The Kier molecular flexibility index (Phi) is 8.32. The molecule has 0 N–H and O–H groups in total. The Hall–Kier alpha value is -2.33. The zero-order valence-corrected chi connectivity index (χ0v) is 18.5. The molecule has 0 aliphatic carbocycles. The minimum absolute atomic E-state index is 0.0522. The van der Waals surface area contributed by atoms with Crippen molar-refractivity contribution in [1.29, 1.82) is 0 Å². The van der Waals surface area contributed by atoms with E-state index in [1.807, 2.05) is 58.3 Å². The molecule has 0 bridgehead atoms. The van der Waals surface area contributed by atoms with E-state index in [9.17, 15) is 9.59 Å². The first kappa shape index (κ1) is 22.4. The van der Waals surface area contributed by atoms with Gasteiger partial charge in [-0.3, -0.25) is 9.59 Å². The summed E-state index contributed by atoms with van der Waals surface area (Å²) in [6.45, 7) is 3.61. The highest BCUT2D eigenvalue weighted by Gasteiger charge is 2.20. The van der Waals surface area contributed by atoms with Crippen molar-refractivity contribution >= 4 is 29.1 Å². The molecule has 3 rings (SSSR count). The van der Waals surface area contributed by atoms with Gasteiger partial charge in [0, 0.05) is 37.3 Å². The number of nitrogens with zero attached hydrogens (tertiary/aromatic N) is 2. The van der Waals surface area contributed by atoms with Crippen LogP contribution in [0.25, 0.3) is 0 Å². The molecule has 0 spiro atoms. The third-order valence-electron chi connectivity index (χ3n) is 5.70. The van der Waals surface area contributed by atoms with Crippen LogP contribution in [0.3, 0.4) is 0 Å². The van der Waals surface area contributed by atoms with E-state index in [0.717, 1.165) is 55.6 Å². The summed E-state index contributed by atoms with van der Waals surface area (Å²) in [6, 6.07) is 15.4. The van der Waals surface area contributed by atoms with Gasteiger partial charge in [0.25, 0.3) is 0 Å². The van der Waals surface area contributed by atoms with Crippen molar-refractivity contribution in [2.75, 3.05) is 18.0 Å². The number of hydrogen-bond donors (Lipinski definition) is 0. The zero-order valence-electron chi connectivity index (χ0n) is 17.8. The lowest BCUT2D eigenvalue weighted by atomic mass is 10.1. The van der Waals surface area contributed by atoms with Crippen molar-refractivity contribution in [2.45, 2.75) is 58.4 Å². The molecule has 2 aromatic rings. The van der Waals surface area contributed by atoms with E-state index in [1.54, 1.807) is 6.92 Å². The topological polar surface area (TPSA) is 40.6 Å². The molecular formula is C25H31ClN2O2. The van der Waals surface area contributed by atoms with Gasteiger partial charge in [-0.1, -0.05) is 67.6 Å². The molecule has 2 aromatic carbocycles. The Bertz CT molecular complexity index is 850. The lowest BCUT2D eigenvalue weighted by Gasteiger charge is -2.28. The number of amides is 2. The minimum atomic E-state index is 0.0522. The third kappa shape index (κ3) is 6.33. The molecule has 30 heavy (non-hydrogen) atoms. The van der Waals surface area contributed by atoms with Gasteiger partial charge in [-0.15, -0.1) is 0 Å². The van der Waals surface area contributed by atoms with Crippen LogP contribution >= 0.6 is 11.6 Å². The monoisotopic (exact) mass is 426 g/mol. The third-order valence-corrected chi connectivity index (χ3v) is 5.96. The number of benzene rings is 2. The lowest BCUT2D eigenvalue weighted by Crippen LogP contribution is -2.35. The number of carbonyl (C=O) groups is 2. The largest absolute Gasteiger partial charge is 0.338 e. The number of rotatable bonds is 2.